The number of methoxy groups -OCH3 is 1. The molecule has 4 heterocycles. The SMILES string of the molecule is C=N/C=C(\C(=N/CNc1cn(C)nc1OC)c1c[nH]c2c(NC(=O)C(CC)N3CCN(C)CC3)nccc12)C(F)(F)F. The number of carbonyl (C=O) groups excluding carboxylic acids is 1. The fraction of sp³-hybridized carbons (Fsp3) is 0.444. The first-order valence-corrected chi connectivity index (χ1v) is 13.4. The number of fused-ring (bicyclic) bond motifs is 1. The number of carbonyl (C=O) groups is 1. The third-order valence-electron chi connectivity index (χ3n) is 7.04. The molecule has 1 aliphatic rings. The highest BCUT2D eigenvalue weighted by Crippen LogP contribution is 2.33. The first kappa shape index (κ1) is 30.7. The number of pyridine rings is 1. The Morgan fingerprint density at radius 2 is 2.02 bits per heavy atom. The number of aromatic amines is 1. The zero-order valence-corrected chi connectivity index (χ0v) is 24.0. The highest BCUT2D eigenvalue weighted by Gasteiger charge is 2.38. The van der Waals surface area contributed by atoms with Crippen molar-refractivity contribution in [2.24, 2.45) is 17.0 Å². The minimum atomic E-state index is -4.78. The van der Waals surface area contributed by atoms with Gasteiger partial charge in [0.15, 0.2) is 5.82 Å². The Morgan fingerprint density at radius 1 is 1.29 bits per heavy atom. The van der Waals surface area contributed by atoms with Gasteiger partial charge in [-0.15, -0.1) is 5.10 Å². The summed E-state index contributed by atoms with van der Waals surface area (Å²) >= 11 is 0. The van der Waals surface area contributed by atoms with Gasteiger partial charge in [-0.1, -0.05) is 6.92 Å². The number of anilines is 2. The second-order valence-corrected chi connectivity index (χ2v) is 9.83. The second kappa shape index (κ2) is 13.2. The van der Waals surface area contributed by atoms with Gasteiger partial charge in [0.1, 0.15) is 12.4 Å². The van der Waals surface area contributed by atoms with Gasteiger partial charge in [-0.3, -0.25) is 24.4 Å². The van der Waals surface area contributed by atoms with Crippen molar-refractivity contribution in [2.45, 2.75) is 25.6 Å². The lowest BCUT2D eigenvalue weighted by molar-refractivity contribution is -0.122. The van der Waals surface area contributed by atoms with Crippen LogP contribution in [-0.2, 0) is 11.8 Å². The van der Waals surface area contributed by atoms with Gasteiger partial charge in [0.25, 0.3) is 5.88 Å². The predicted octanol–water partition coefficient (Wildman–Crippen LogP) is 3.28. The molecule has 3 aromatic rings. The largest absolute Gasteiger partial charge is 0.478 e. The molecule has 1 saturated heterocycles. The number of nitrogens with one attached hydrogen (secondary N) is 3. The number of H-pyrrole nitrogens is 1. The molecule has 0 radical (unpaired) electrons. The van der Waals surface area contributed by atoms with Crippen molar-refractivity contribution < 1.29 is 22.7 Å². The Balaban J connectivity index is 1.68. The number of nitrogens with zero attached hydrogens (tertiary/aromatic N) is 7. The molecular weight excluding hydrogens is 553 g/mol. The lowest BCUT2D eigenvalue weighted by Gasteiger charge is -2.36. The van der Waals surface area contributed by atoms with E-state index in [1.54, 1.807) is 19.3 Å². The third-order valence-corrected chi connectivity index (χ3v) is 7.04. The highest BCUT2D eigenvalue weighted by atomic mass is 19.4. The lowest BCUT2D eigenvalue weighted by Crippen LogP contribution is -2.52. The molecule has 1 fully saturated rings. The molecular formula is C27H35F3N10O2. The van der Waals surface area contributed by atoms with Crippen molar-refractivity contribution in [1.82, 2.24) is 29.5 Å². The number of hydrogen-bond donors (Lipinski definition) is 3. The number of amides is 1. The average molecular weight is 589 g/mol. The van der Waals surface area contributed by atoms with E-state index in [-0.39, 0.29) is 41.6 Å². The summed E-state index contributed by atoms with van der Waals surface area (Å²) in [6, 6.07) is 1.20. The quantitative estimate of drug-likeness (QED) is 0.294. The molecule has 12 nitrogen and oxygen atoms in total. The van der Waals surface area contributed by atoms with Gasteiger partial charge in [0.2, 0.25) is 5.91 Å². The number of halogens is 3. The molecule has 0 saturated carbocycles. The fourth-order valence-electron chi connectivity index (χ4n) is 4.91. The van der Waals surface area contributed by atoms with E-state index in [9.17, 15) is 18.0 Å². The van der Waals surface area contributed by atoms with Crippen LogP contribution < -0.4 is 15.4 Å². The minimum Gasteiger partial charge on any atom is -0.478 e. The van der Waals surface area contributed by atoms with Crippen LogP contribution in [0, 0.1) is 0 Å². The van der Waals surface area contributed by atoms with Gasteiger partial charge < -0.3 is 25.3 Å². The van der Waals surface area contributed by atoms with Crippen LogP contribution in [-0.4, -0.2) is 107 Å². The summed E-state index contributed by atoms with van der Waals surface area (Å²) in [6.45, 7) is 8.16. The van der Waals surface area contributed by atoms with E-state index < -0.39 is 11.7 Å². The number of aryl methyl sites for hydroxylation is 1. The van der Waals surface area contributed by atoms with Crippen molar-refractivity contribution in [2.75, 3.05) is 57.6 Å². The monoisotopic (exact) mass is 588 g/mol. The van der Waals surface area contributed by atoms with Crippen LogP contribution in [0.2, 0.25) is 0 Å². The number of allylic oxidation sites excluding steroid dienone is 1. The van der Waals surface area contributed by atoms with E-state index in [0.717, 1.165) is 26.2 Å². The molecule has 1 amide bonds. The summed E-state index contributed by atoms with van der Waals surface area (Å²) in [5, 5.41) is 10.3. The van der Waals surface area contributed by atoms with Crippen LogP contribution >= 0.6 is 0 Å². The Kier molecular flexibility index (Phi) is 9.63. The number of aromatic nitrogens is 4. The van der Waals surface area contributed by atoms with Crippen molar-refractivity contribution in [3.05, 3.63) is 42.0 Å². The maximum atomic E-state index is 14.2. The normalized spacial score (nSPS) is 16.5. The maximum Gasteiger partial charge on any atom is 0.419 e. The Labute approximate surface area is 241 Å². The summed E-state index contributed by atoms with van der Waals surface area (Å²) < 4.78 is 49.4. The zero-order chi connectivity index (χ0) is 30.4. The van der Waals surface area contributed by atoms with Crippen LogP contribution in [0.5, 0.6) is 5.88 Å². The van der Waals surface area contributed by atoms with Crippen LogP contribution in [0.1, 0.15) is 18.9 Å². The van der Waals surface area contributed by atoms with Crippen LogP contribution in [0.3, 0.4) is 0 Å². The van der Waals surface area contributed by atoms with Crippen molar-refractivity contribution in [3.8, 4) is 5.88 Å². The molecule has 3 N–H and O–H groups in total. The van der Waals surface area contributed by atoms with E-state index in [0.29, 0.717) is 29.2 Å². The van der Waals surface area contributed by atoms with Gasteiger partial charge in [-0.2, -0.15) is 13.2 Å². The second-order valence-electron chi connectivity index (χ2n) is 9.83. The fourth-order valence-corrected chi connectivity index (χ4v) is 4.91. The number of ether oxygens (including phenoxy) is 1. The van der Waals surface area contributed by atoms with Gasteiger partial charge in [-0.05, 0) is 26.3 Å². The van der Waals surface area contributed by atoms with Crippen molar-refractivity contribution in [1.29, 1.82) is 0 Å². The number of aliphatic imine (C=N–C) groups is 2. The van der Waals surface area contributed by atoms with Gasteiger partial charge in [0.05, 0.1) is 36.1 Å². The standard InChI is InChI=1S/C27H35F3N10O2/c1-6-21(40-11-9-38(3)10-12-40)25(41)36-24-23-17(7-8-32-24)18(13-33-23)22(19(14-31-2)27(28,29)30)35-16-34-20-15-39(4)37-26(20)42-5/h7-8,13-15,21,33-34H,2,6,9-12,16H2,1,3-5H3,(H,32,36,41)/b19-14+,35-22-. The smallest absolute Gasteiger partial charge is 0.419 e. The molecule has 4 rings (SSSR count). The molecule has 0 spiro atoms. The molecule has 3 aromatic heterocycles. The highest BCUT2D eigenvalue weighted by molar-refractivity contribution is 6.21. The summed E-state index contributed by atoms with van der Waals surface area (Å²) in [7, 11) is 5.17. The number of alkyl halides is 3. The van der Waals surface area contributed by atoms with Gasteiger partial charge >= 0.3 is 6.18 Å². The molecule has 0 bridgehead atoms. The van der Waals surface area contributed by atoms with E-state index in [4.69, 9.17) is 4.74 Å². The number of hydrogen-bond acceptors (Lipinski definition) is 9. The summed E-state index contributed by atoms with van der Waals surface area (Å²) in [5.74, 6) is 0.260. The maximum absolute atomic E-state index is 14.2. The molecule has 42 heavy (non-hydrogen) atoms. The number of rotatable bonds is 11. The van der Waals surface area contributed by atoms with Gasteiger partial charge in [-0.25, -0.2) is 4.98 Å². The summed E-state index contributed by atoms with van der Waals surface area (Å²) in [4.78, 5) is 32.6. The van der Waals surface area contributed by atoms with Crippen molar-refractivity contribution >= 4 is 40.7 Å². The molecule has 1 unspecified atom stereocenters. The Bertz CT molecular complexity index is 1470. The molecule has 0 aromatic carbocycles. The predicted molar refractivity (Wildman–Crippen MR) is 156 cm³/mol. The average Bonchev–Trinajstić information content (AvgIpc) is 3.54. The minimum absolute atomic E-state index is 0.154. The third kappa shape index (κ3) is 6.79. The van der Waals surface area contributed by atoms with Crippen LogP contribution in [0.15, 0.2) is 46.4 Å². The van der Waals surface area contributed by atoms with E-state index in [2.05, 4.69) is 52.2 Å². The van der Waals surface area contributed by atoms with E-state index in [1.165, 1.54) is 24.2 Å². The summed E-state index contributed by atoms with van der Waals surface area (Å²) in [5.41, 5.74) is -0.468. The molecule has 0 aliphatic carbocycles. The molecule has 15 heteroatoms. The number of likely N-dealkylation sites (N-methyl/N-ethyl adjacent to an activating group) is 1. The zero-order valence-electron chi connectivity index (χ0n) is 24.0. The van der Waals surface area contributed by atoms with Crippen LogP contribution in [0.25, 0.3) is 10.9 Å². The first-order valence-electron chi connectivity index (χ1n) is 13.4. The Hall–Kier alpha value is -4.24. The molecule has 1 atom stereocenters. The lowest BCUT2D eigenvalue weighted by atomic mass is 10.0. The van der Waals surface area contributed by atoms with Crippen molar-refractivity contribution in [3.63, 3.8) is 0 Å². The Morgan fingerprint density at radius 3 is 2.67 bits per heavy atom. The van der Waals surface area contributed by atoms with Gasteiger partial charge in [0, 0.05) is 62.8 Å². The summed E-state index contributed by atoms with van der Waals surface area (Å²) in [6.07, 6.45) is 0.918. The first-order chi connectivity index (χ1) is 20.1. The molecule has 226 valence electrons. The van der Waals surface area contributed by atoms with E-state index >= 15 is 0 Å². The van der Waals surface area contributed by atoms with E-state index in [1.807, 2.05) is 14.0 Å². The topological polar surface area (TPSA) is 128 Å². The molecule has 1 aliphatic heterocycles. The van der Waals surface area contributed by atoms with Crippen LogP contribution in [0.4, 0.5) is 24.7 Å². The number of piperazine rings is 1.